The monoisotopic (exact) mass is 358 g/mol. The Labute approximate surface area is 151 Å². The Morgan fingerprint density at radius 3 is 2.92 bits per heavy atom. The Bertz CT molecular complexity index is 825. The average Bonchev–Trinajstić information content (AvgIpc) is 2.68. The molecule has 2 heterocycles. The highest BCUT2D eigenvalue weighted by molar-refractivity contribution is 5.71. The fourth-order valence-electron chi connectivity index (χ4n) is 2.80. The third kappa shape index (κ3) is 3.99. The predicted molar refractivity (Wildman–Crippen MR) is 95.5 cm³/mol. The second-order valence-corrected chi connectivity index (χ2v) is 5.95. The Morgan fingerprint density at radius 2 is 2.23 bits per heavy atom. The Balaban J connectivity index is 1.63. The first kappa shape index (κ1) is 17.8. The number of benzene rings is 1. The van der Waals surface area contributed by atoms with Crippen LogP contribution in [-0.4, -0.2) is 48.6 Å². The third-order valence-electron chi connectivity index (χ3n) is 4.30. The van der Waals surface area contributed by atoms with Gasteiger partial charge in [-0.2, -0.15) is 4.79 Å². The van der Waals surface area contributed by atoms with Gasteiger partial charge in [-0.15, -0.1) is 4.58 Å². The Morgan fingerprint density at radius 1 is 1.38 bits per heavy atom. The van der Waals surface area contributed by atoms with Crippen LogP contribution in [0, 0.1) is 5.82 Å². The van der Waals surface area contributed by atoms with Crippen LogP contribution in [0.1, 0.15) is 18.6 Å². The summed E-state index contributed by atoms with van der Waals surface area (Å²) < 4.78 is 26.1. The van der Waals surface area contributed by atoms with E-state index in [1.165, 1.54) is 10.8 Å². The summed E-state index contributed by atoms with van der Waals surface area (Å²) in [6.45, 7) is 3.17. The van der Waals surface area contributed by atoms with Gasteiger partial charge in [0.2, 0.25) is 0 Å². The number of ether oxygens (including phenoxy) is 2. The van der Waals surface area contributed by atoms with E-state index >= 15 is 0 Å². The molecule has 0 aliphatic carbocycles. The van der Waals surface area contributed by atoms with Crippen LogP contribution in [0.4, 0.5) is 14.9 Å². The van der Waals surface area contributed by atoms with Gasteiger partial charge < -0.3 is 14.4 Å². The van der Waals surface area contributed by atoms with Crippen molar-refractivity contribution in [1.82, 2.24) is 4.98 Å². The first-order chi connectivity index (χ1) is 12.6. The SMILES string of the molecule is COc1cccc([C@@H](C)OC(=O)[N+]2=CCN(c3ccncc3F)CC2)c1. The van der Waals surface area contributed by atoms with Gasteiger partial charge in [-0.05, 0) is 30.7 Å². The molecule has 0 saturated carbocycles. The summed E-state index contributed by atoms with van der Waals surface area (Å²) in [5.74, 6) is 0.341. The molecule has 1 aromatic heterocycles. The van der Waals surface area contributed by atoms with Crippen LogP contribution in [0.15, 0.2) is 42.7 Å². The number of nitrogens with zero attached hydrogens (tertiary/aromatic N) is 3. The standard InChI is InChI=1S/C19H21FN3O3/c1-14(15-4-3-5-16(12-15)25-2)26-19(24)23-10-8-22(9-11-23)18-6-7-21-13-17(18)20/h3-7,10,12-14H,8-9,11H2,1-2H3/q+1/t14-/m1/s1. The van der Waals surface area contributed by atoms with Gasteiger partial charge in [0.1, 0.15) is 11.9 Å². The number of hydrogen-bond donors (Lipinski definition) is 0. The van der Waals surface area contributed by atoms with Crippen molar-refractivity contribution >= 4 is 18.0 Å². The highest BCUT2D eigenvalue weighted by atomic mass is 19.1. The molecule has 2 aromatic rings. The first-order valence-corrected chi connectivity index (χ1v) is 8.37. The van der Waals surface area contributed by atoms with Crippen molar-refractivity contribution in [3.8, 4) is 5.75 Å². The highest BCUT2D eigenvalue weighted by Crippen LogP contribution is 2.22. The van der Waals surface area contributed by atoms with E-state index in [4.69, 9.17) is 9.47 Å². The average molecular weight is 358 g/mol. The lowest BCUT2D eigenvalue weighted by Crippen LogP contribution is -2.42. The molecule has 3 rings (SSSR count). The molecule has 0 N–H and O–H groups in total. The number of halogens is 1. The lowest BCUT2D eigenvalue weighted by Gasteiger charge is -2.24. The number of carbonyl (C=O) groups is 1. The zero-order valence-corrected chi connectivity index (χ0v) is 14.8. The molecule has 6 nitrogen and oxygen atoms in total. The molecule has 1 aromatic carbocycles. The van der Waals surface area contributed by atoms with E-state index in [1.807, 2.05) is 36.1 Å². The maximum absolute atomic E-state index is 13.8. The van der Waals surface area contributed by atoms with Crippen molar-refractivity contribution in [3.63, 3.8) is 0 Å². The summed E-state index contributed by atoms with van der Waals surface area (Å²) in [6.07, 6.45) is 3.63. The predicted octanol–water partition coefficient (Wildman–Crippen LogP) is 3.03. The molecule has 0 saturated heterocycles. The lowest BCUT2D eigenvalue weighted by atomic mass is 10.1. The van der Waals surface area contributed by atoms with E-state index in [0.717, 1.165) is 5.56 Å². The number of pyridine rings is 1. The quantitative estimate of drug-likeness (QED) is 0.787. The minimum atomic E-state index is -0.421. The normalized spacial score (nSPS) is 15.2. The molecule has 0 spiro atoms. The van der Waals surface area contributed by atoms with Crippen molar-refractivity contribution in [3.05, 3.63) is 54.1 Å². The molecule has 7 heteroatoms. The van der Waals surface area contributed by atoms with Crippen LogP contribution < -0.4 is 9.64 Å². The Hall–Kier alpha value is -2.96. The van der Waals surface area contributed by atoms with Crippen LogP contribution in [0.5, 0.6) is 5.75 Å². The molecule has 26 heavy (non-hydrogen) atoms. The van der Waals surface area contributed by atoms with E-state index in [2.05, 4.69) is 4.98 Å². The van der Waals surface area contributed by atoms with Gasteiger partial charge in [0.05, 0.1) is 32.1 Å². The summed E-state index contributed by atoms with van der Waals surface area (Å²) in [5, 5.41) is 0. The molecule has 1 amide bonds. The van der Waals surface area contributed by atoms with E-state index in [9.17, 15) is 9.18 Å². The van der Waals surface area contributed by atoms with Gasteiger partial charge in [0.15, 0.2) is 18.6 Å². The molecule has 136 valence electrons. The van der Waals surface area contributed by atoms with Crippen LogP contribution in [0.25, 0.3) is 0 Å². The maximum atomic E-state index is 13.8. The molecule has 1 atom stereocenters. The fraction of sp³-hybridized carbons (Fsp3) is 0.316. The van der Waals surface area contributed by atoms with Gasteiger partial charge in [0.25, 0.3) is 0 Å². The minimum absolute atomic E-state index is 0.372. The van der Waals surface area contributed by atoms with Crippen LogP contribution in [0.2, 0.25) is 0 Å². The summed E-state index contributed by atoms with van der Waals surface area (Å²) in [4.78, 5) is 18.0. The molecular formula is C19H21FN3O3+. The number of anilines is 1. The maximum Gasteiger partial charge on any atom is 0.596 e. The largest absolute Gasteiger partial charge is 0.596 e. The van der Waals surface area contributed by atoms with Crippen molar-refractivity contribution in [2.45, 2.75) is 13.0 Å². The molecular weight excluding hydrogens is 337 g/mol. The summed E-state index contributed by atoms with van der Waals surface area (Å²) in [5.41, 5.74) is 1.34. The zero-order valence-electron chi connectivity index (χ0n) is 14.8. The molecule has 1 aliphatic rings. The Kier molecular flexibility index (Phi) is 5.46. The summed E-state index contributed by atoms with van der Waals surface area (Å²) in [6, 6.07) is 9.04. The number of hydrogen-bond acceptors (Lipinski definition) is 5. The van der Waals surface area contributed by atoms with Crippen molar-refractivity contribution < 1.29 is 23.2 Å². The van der Waals surface area contributed by atoms with Gasteiger partial charge in [0, 0.05) is 6.20 Å². The molecule has 0 radical (unpaired) electrons. The molecule has 0 unspecified atom stereocenters. The zero-order chi connectivity index (χ0) is 18.5. The molecule has 0 fully saturated rings. The van der Waals surface area contributed by atoms with E-state index < -0.39 is 12.2 Å². The summed E-state index contributed by atoms with van der Waals surface area (Å²) >= 11 is 0. The van der Waals surface area contributed by atoms with Gasteiger partial charge in [-0.3, -0.25) is 4.98 Å². The fourth-order valence-corrected chi connectivity index (χ4v) is 2.80. The smallest absolute Gasteiger partial charge is 0.497 e. The van der Waals surface area contributed by atoms with Gasteiger partial charge >= 0.3 is 6.09 Å². The second kappa shape index (κ2) is 7.95. The van der Waals surface area contributed by atoms with Gasteiger partial charge in [-0.1, -0.05) is 12.1 Å². The number of amides is 1. The van der Waals surface area contributed by atoms with E-state index in [1.54, 1.807) is 25.6 Å². The van der Waals surface area contributed by atoms with Crippen LogP contribution in [-0.2, 0) is 4.74 Å². The van der Waals surface area contributed by atoms with Crippen molar-refractivity contribution in [2.75, 3.05) is 31.6 Å². The number of carbonyl (C=O) groups excluding carboxylic acids is 1. The van der Waals surface area contributed by atoms with E-state index in [0.29, 0.717) is 31.1 Å². The number of methoxy groups -OCH3 is 1. The lowest BCUT2D eigenvalue weighted by molar-refractivity contribution is -0.445. The van der Waals surface area contributed by atoms with Crippen LogP contribution in [0.3, 0.4) is 0 Å². The highest BCUT2D eigenvalue weighted by Gasteiger charge is 2.28. The first-order valence-electron chi connectivity index (χ1n) is 8.37. The van der Waals surface area contributed by atoms with Crippen molar-refractivity contribution in [2.24, 2.45) is 0 Å². The number of aromatic nitrogens is 1. The van der Waals surface area contributed by atoms with Gasteiger partial charge in [-0.25, -0.2) is 4.39 Å². The number of rotatable bonds is 4. The molecule has 0 bridgehead atoms. The minimum Gasteiger partial charge on any atom is -0.497 e. The summed E-state index contributed by atoms with van der Waals surface area (Å²) in [7, 11) is 1.59. The van der Waals surface area contributed by atoms with Crippen molar-refractivity contribution in [1.29, 1.82) is 0 Å². The topological polar surface area (TPSA) is 54.7 Å². The van der Waals surface area contributed by atoms with E-state index in [-0.39, 0.29) is 5.82 Å². The van der Waals surface area contributed by atoms with Crippen LogP contribution >= 0.6 is 0 Å². The second-order valence-electron chi connectivity index (χ2n) is 5.95. The third-order valence-corrected chi connectivity index (χ3v) is 4.30. The molecule has 1 aliphatic heterocycles.